The maximum absolute atomic E-state index is 11.4. The smallest absolute Gasteiger partial charge is 0.346 e. The van der Waals surface area contributed by atoms with Gasteiger partial charge in [-0.05, 0) is 24.3 Å². The number of benzene rings is 1. The molecule has 1 aromatic carbocycles. The first-order valence-electron chi connectivity index (χ1n) is 6.92. The minimum Gasteiger partial charge on any atom is -0.346 e. The molecule has 0 aliphatic carbocycles. The molecule has 0 spiro atoms. The Kier molecular flexibility index (Phi) is 4.51. The predicted octanol–water partition coefficient (Wildman–Crippen LogP) is 1.68. The number of pyridine rings is 1. The number of nitrogens with one attached hydrogen (secondary N) is 2. The molecule has 3 aromatic rings. The lowest BCUT2D eigenvalue weighted by Crippen LogP contribution is -2.20. The van der Waals surface area contributed by atoms with Gasteiger partial charge in [0.15, 0.2) is 0 Å². The molecule has 10 nitrogen and oxygen atoms in total. The molecular formula is C13H14N4O6P2. The van der Waals surface area contributed by atoms with Gasteiger partial charge in [0.25, 0.3) is 0 Å². The molecule has 132 valence electrons. The van der Waals surface area contributed by atoms with Crippen molar-refractivity contribution in [2.24, 2.45) is 0 Å². The highest BCUT2D eigenvalue weighted by Gasteiger charge is 2.43. The van der Waals surface area contributed by atoms with Gasteiger partial charge in [-0.2, -0.15) is 5.10 Å². The molecular weight excluding hydrogens is 370 g/mol. The molecule has 0 fully saturated rings. The lowest BCUT2D eigenvalue weighted by molar-refractivity contribution is 0.343. The number of nitrogens with zero attached hydrogens (tertiary/aromatic N) is 2. The number of fused-ring (bicyclic) bond motifs is 1. The highest BCUT2D eigenvalue weighted by Crippen LogP contribution is 2.59. The monoisotopic (exact) mass is 384 g/mol. The van der Waals surface area contributed by atoms with E-state index in [1.54, 1.807) is 30.5 Å². The van der Waals surface area contributed by atoms with Gasteiger partial charge in [0, 0.05) is 10.9 Å². The van der Waals surface area contributed by atoms with E-state index in [9.17, 15) is 28.7 Å². The Morgan fingerprint density at radius 1 is 1.04 bits per heavy atom. The summed E-state index contributed by atoms with van der Waals surface area (Å²) in [6.07, 6.45) is 1.64. The molecule has 0 amide bonds. The molecule has 6 N–H and O–H groups in total. The zero-order chi connectivity index (χ0) is 18.2. The van der Waals surface area contributed by atoms with Crippen LogP contribution in [0.2, 0.25) is 0 Å². The highest BCUT2D eigenvalue weighted by molar-refractivity contribution is 7.71. The fraction of sp³-hybridized carbons (Fsp3) is 0.0769. The van der Waals surface area contributed by atoms with E-state index in [1.165, 1.54) is 6.07 Å². The first kappa shape index (κ1) is 17.8. The predicted molar refractivity (Wildman–Crippen MR) is 90.8 cm³/mol. The van der Waals surface area contributed by atoms with Crippen LogP contribution in [0.1, 0.15) is 0 Å². The molecule has 0 saturated carbocycles. The SMILES string of the molecule is O=P(O)(O)C(Nc1cccc(-c2ccc3[nH]ncc3c2)n1)P(=O)(O)O. The number of aromatic amines is 1. The molecule has 12 heteroatoms. The van der Waals surface area contributed by atoms with Crippen molar-refractivity contribution in [2.45, 2.75) is 5.52 Å². The molecule has 0 radical (unpaired) electrons. The number of rotatable bonds is 5. The largest absolute Gasteiger partial charge is 0.360 e. The normalized spacial score (nSPS) is 12.7. The Balaban J connectivity index is 1.95. The summed E-state index contributed by atoms with van der Waals surface area (Å²) in [5.74, 6) is -0.0681. The highest BCUT2D eigenvalue weighted by atomic mass is 31.2. The van der Waals surface area contributed by atoms with E-state index in [-0.39, 0.29) is 5.82 Å². The van der Waals surface area contributed by atoms with E-state index in [0.717, 1.165) is 10.9 Å². The fourth-order valence-corrected chi connectivity index (χ4v) is 4.44. The molecule has 0 aliphatic rings. The summed E-state index contributed by atoms with van der Waals surface area (Å²) in [6.45, 7) is 0. The molecule has 0 saturated heterocycles. The van der Waals surface area contributed by atoms with Crippen LogP contribution in [-0.2, 0) is 9.13 Å². The van der Waals surface area contributed by atoms with Crippen molar-refractivity contribution < 1.29 is 28.7 Å². The Morgan fingerprint density at radius 3 is 2.44 bits per heavy atom. The molecule has 0 bridgehead atoms. The van der Waals surface area contributed by atoms with Crippen molar-refractivity contribution in [3.63, 3.8) is 0 Å². The summed E-state index contributed by atoms with van der Waals surface area (Å²) in [6, 6.07) is 9.97. The molecule has 0 unspecified atom stereocenters. The maximum atomic E-state index is 11.4. The lowest BCUT2D eigenvalue weighted by Gasteiger charge is -2.21. The van der Waals surface area contributed by atoms with Gasteiger partial charge in [0.2, 0.25) is 5.52 Å². The summed E-state index contributed by atoms with van der Waals surface area (Å²) in [5, 5.41) is 9.72. The van der Waals surface area contributed by atoms with Gasteiger partial charge < -0.3 is 24.9 Å². The van der Waals surface area contributed by atoms with Gasteiger partial charge in [0.05, 0.1) is 17.4 Å². The number of aromatic nitrogens is 3. The van der Waals surface area contributed by atoms with Crippen LogP contribution in [0, 0.1) is 0 Å². The number of hydrogen-bond donors (Lipinski definition) is 6. The third-order valence-electron chi connectivity index (χ3n) is 3.40. The third-order valence-corrected chi connectivity index (χ3v) is 6.74. The summed E-state index contributed by atoms with van der Waals surface area (Å²) < 4.78 is 22.7. The lowest BCUT2D eigenvalue weighted by atomic mass is 10.1. The van der Waals surface area contributed by atoms with Crippen LogP contribution in [0.3, 0.4) is 0 Å². The summed E-state index contributed by atoms with van der Waals surface area (Å²) >= 11 is 0. The van der Waals surface area contributed by atoms with Gasteiger partial charge in [0.1, 0.15) is 5.82 Å². The zero-order valence-electron chi connectivity index (χ0n) is 12.5. The zero-order valence-corrected chi connectivity index (χ0v) is 14.3. The van der Waals surface area contributed by atoms with Gasteiger partial charge in [-0.1, -0.05) is 12.1 Å². The van der Waals surface area contributed by atoms with E-state index < -0.39 is 20.7 Å². The van der Waals surface area contributed by atoms with E-state index in [2.05, 4.69) is 20.5 Å². The van der Waals surface area contributed by atoms with Crippen LogP contribution >= 0.6 is 15.2 Å². The first-order chi connectivity index (χ1) is 11.6. The standard InChI is InChI=1S/C13H14N4O6P2/c18-24(19,20)13(25(21,22)23)16-12-3-1-2-10(15-12)8-4-5-11-9(6-8)7-14-17-11/h1-7,13H,(H,14,17)(H,15,16)(H2,18,19,20)(H2,21,22,23). The maximum Gasteiger partial charge on any atom is 0.360 e. The summed E-state index contributed by atoms with van der Waals surface area (Å²) in [4.78, 5) is 40.9. The average Bonchev–Trinajstić information content (AvgIpc) is 2.98. The molecule has 2 aromatic heterocycles. The summed E-state index contributed by atoms with van der Waals surface area (Å²) in [7, 11) is -10.2. The first-order valence-corrected chi connectivity index (χ1v) is 10.3. The molecule has 0 atom stereocenters. The van der Waals surface area contributed by atoms with Crippen LogP contribution < -0.4 is 5.32 Å². The van der Waals surface area contributed by atoms with E-state index in [4.69, 9.17) is 0 Å². The van der Waals surface area contributed by atoms with E-state index in [1.807, 2.05) is 6.07 Å². The second-order valence-electron chi connectivity index (χ2n) is 5.28. The quantitative estimate of drug-likeness (QED) is 0.358. The van der Waals surface area contributed by atoms with Crippen molar-refractivity contribution in [1.82, 2.24) is 15.2 Å². The number of H-pyrrole nitrogens is 1. The number of anilines is 1. The number of hydrogen-bond acceptors (Lipinski definition) is 5. The van der Waals surface area contributed by atoms with Crippen molar-refractivity contribution in [2.75, 3.05) is 5.32 Å². The van der Waals surface area contributed by atoms with Crippen LogP contribution in [0.5, 0.6) is 0 Å². The second kappa shape index (κ2) is 6.34. The topological polar surface area (TPSA) is 169 Å². The molecule has 2 heterocycles. The van der Waals surface area contributed by atoms with Crippen LogP contribution in [0.15, 0.2) is 42.6 Å². The van der Waals surface area contributed by atoms with E-state index in [0.29, 0.717) is 11.3 Å². The summed E-state index contributed by atoms with van der Waals surface area (Å²) in [5.41, 5.74) is -0.357. The van der Waals surface area contributed by atoms with Crippen molar-refractivity contribution in [1.29, 1.82) is 0 Å². The van der Waals surface area contributed by atoms with Crippen molar-refractivity contribution >= 4 is 31.9 Å². The van der Waals surface area contributed by atoms with Gasteiger partial charge in [-0.15, -0.1) is 0 Å². The van der Waals surface area contributed by atoms with Crippen LogP contribution in [0.25, 0.3) is 22.2 Å². The molecule has 0 aliphatic heterocycles. The minimum atomic E-state index is -5.10. The van der Waals surface area contributed by atoms with E-state index >= 15 is 0 Å². The van der Waals surface area contributed by atoms with Crippen molar-refractivity contribution in [3.05, 3.63) is 42.6 Å². The third kappa shape index (κ3) is 3.96. The Morgan fingerprint density at radius 2 is 1.76 bits per heavy atom. The minimum absolute atomic E-state index is 0.0681. The fourth-order valence-electron chi connectivity index (χ4n) is 2.27. The molecule has 3 rings (SSSR count). The average molecular weight is 384 g/mol. The van der Waals surface area contributed by atoms with Gasteiger partial charge in [-0.3, -0.25) is 14.2 Å². The molecule has 25 heavy (non-hydrogen) atoms. The van der Waals surface area contributed by atoms with Crippen LogP contribution in [-0.4, -0.2) is 40.3 Å². The Hall–Kier alpha value is -2.06. The van der Waals surface area contributed by atoms with Gasteiger partial charge >= 0.3 is 15.2 Å². The van der Waals surface area contributed by atoms with Gasteiger partial charge in [-0.25, -0.2) is 4.98 Å². The van der Waals surface area contributed by atoms with Crippen molar-refractivity contribution in [3.8, 4) is 11.3 Å². The Labute approximate surface area is 141 Å². The Bertz CT molecular complexity index is 988. The van der Waals surface area contributed by atoms with Crippen LogP contribution in [0.4, 0.5) is 5.82 Å². The second-order valence-corrected chi connectivity index (χ2v) is 9.07.